The minimum Gasteiger partial charge on any atom is -0.403 e. The number of rotatable bonds is 3. The Morgan fingerprint density at radius 2 is 2.38 bits per heavy atom. The summed E-state index contributed by atoms with van der Waals surface area (Å²) >= 11 is 0. The summed E-state index contributed by atoms with van der Waals surface area (Å²) in [5.41, 5.74) is 6.27. The maximum atomic E-state index is 5.37. The zero-order valence-electron chi connectivity index (χ0n) is 5.57. The van der Waals surface area contributed by atoms with Crippen molar-refractivity contribution in [2.24, 2.45) is 5.73 Å². The molecule has 0 aromatic carbocycles. The lowest BCUT2D eigenvalue weighted by atomic mass is 10.3. The van der Waals surface area contributed by atoms with Crippen molar-refractivity contribution in [2.45, 2.75) is 13.3 Å². The van der Waals surface area contributed by atoms with Crippen LogP contribution in [-0.4, -0.2) is 13.6 Å². The Hall–Kier alpha value is -0.500. The second-order valence-electron chi connectivity index (χ2n) is 1.84. The molecule has 2 heteroatoms. The molecule has 0 aliphatic heterocycles. The topological polar surface area (TPSA) is 38.0 Å². The Balaban J connectivity index is 3.03. The first-order valence-corrected chi connectivity index (χ1v) is 2.84. The van der Waals surface area contributed by atoms with Crippen LogP contribution in [0.15, 0.2) is 11.8 Å². The number of nitrogens with one attached hydrogen (secondary N) is 1. The lowest BCUT2D eigenvalue weighted by molar-refractivity contribution is 0.804. The summed E-state index contributed by atoms with van der Waals surface area (Å²) in [5, 5.41) is 3.02. The highest BCUT2D eigenvalue weighted by atomic mass is 14.8. The third kappa shape index (κ3) is 5.50. The second-order valence-corrected chi connectivity index (χ2v) is 1.84. The van der Waals surface area contributed by atoms with Crippen molar-refractivity contribution < 1.29 is 0 Å². The second kappa shape index (κ2) is 4.65. The third-order valence-electron chi connectivity index (χ3n) is 0.861. The molecule has 3 N–H and O–H groups in total. The molecule has 0 aromatic rings. The van der Waals surface area contributed by atoms with Crippen LogP contribution in [0.4, 0.5) is 0 Å². The van der Waals surface area contributed by atoms with Crippen LogP contribution in [0.2, 0.25) is 0 Å². The van der Waals surface area contributed by atoms with Gasteiger partial charge in [-0.15, -0.1) is 0 Å². The lowest BCUT2D eigenvalue weighted by Crippen LogP contribution is -2.06. The summed E-state index contributed by atoms with van der Waals surface area (Å²) in [7, 11) is 1.93. The van der Waals surface area contributed by atoms with Crippen LogP contribution in [0, 0.1) is 0 Å². The van der Waals surface area contributed by atoms with E-state index in [0.29, 0.717) is 0 Å². The fourth-order valence-electron chi connectivity index (χ4n) is 0.444. The van der Waals surface area contributed by atoms with Crippen molar-refractivity contribution in [1.29, 1.82) is 0 Å². The number of hydrogen-bond acceptors (Lipinski definition) is 2. The molecule has 0 aromatic heterocycles. The van der Waals surface area contributed by atoms with E-state index in [-0.39, 0.29) is 0 Å². The van der Waals surface area contributed by atoms with Crippen LogP contribution in [0.3, 0.4) is 0 Å². The fourth-order valence-corrected chi connectivity index (χ4v) is 0.444. The highest BCUT2D eigenvalue weighted by Crippen LogP contribution is 1.83. The van der Waals surface area contributed by atoms with Crippen molar-refractivity contribution in [1.82, 2.24) is 5.32 Å². The molecule has 0 heterocycles. The van der Waals surface area contributed by atoms with E-state index in [2.05, 4.69) is 5.32 Å². The van der Waals surface area contributed by atoms with Crippen molar-refractivity contribution in [2.75, 3.05) is 13.6 Å². The predicted octanol–water partition coefficient (Wildman–Crippen LogP) is 0.458. The first kappa shape index (κ1) is 7.50. The molecule has 0 spiro atoms. The van der Waals surface area contributed by atoms with Gasteiger partial charge in [-0.25, -0.2) is 0 Å². The van der Waals surface area contributed by atoms with Crippen LogP contribution in [0.5, 0.6) is 0 Å². The molecular formula is C6H14N2. The Labute approximate surface area is 50.8 Å². The van der Waals surface area contributed by atoms with Crippen LogP contribution < -0.4 is 11.1 Å². The van der Waals surface area contributed by atoms with E-state index in [9.17, 15) is 0 Å². The molecule has 0 rings (SSSR count). The van der Waals surface area contributed by atoms with E-state index in [0.717, 1.165) is 18.7 Å². The molecule has 2 nitrogen and oxygen atoms in total. The molecule has 8 heavy (non-hydrogen) atoms. The molecule has 0 unspecified atom stereocenters. The molecule has 0 aliphatic rings. The first-order chi connectivity index (χ1) is 3.77. The van der Waals surface area contributed by atoms with Gasteiger partial charge in [-0.2, -0.15) is 0 Å². The predicted molar refractivity (Wildman–Crippen MR) is 36.5 cm³/mol. The van der Waals surface area contributed by atoms with Gasteiger partial charge >= 0.3 is 0 Å². The smallest absolute Gasteiger partial charge is 0.000881 e. The van der Waals surface area contributed by atoms with E-state index in [1.54, 1.807) is 0 Å². The highest BCUT2D eigenvalue weighted by Gasteiger charge is 1.76. The van der Waals surface area contributed by atoms with E-state index in [4.69, 9.17) is 5.73 Å². The standard InChI is InChI=1S/C6H14N2/c1-6(7)4-3-5-8-2/h4,8H,3,5,7H2,1-2H3. The zero-order valence-corrected chi connectivity index (χ0v) is 5.57. The van der Waals surface area contributed by atoms with Gasteiger partial charge in [0.2, 0.25) is 0 Å². The van der Waals surface area contributed by atoms with Gasteiger partial charge in [0.1, 0.15) is 0 Å². The Morgan fingerprint density at radius 1 is 1.75 bits per heavy atom. The average Bonchev–Trinajstić information content (AvgIpc) is 1.66. The van der Waals surface area contributed by atoms with Gasteiger partial charge < -0.3 is 11.1 Å². The zero-order chi connectivity index (χ0) is 6.41. The SMILES string of the molecule is CNCCC=C(C)N. The molecule has 0 saturated heterocycles. The van der Waals surface area contributed by atoms with Gasteiger partial charge in [0, 0.05) is 5.70 Å². The summed E-state index contributed by atoms with van der Waals surface area (Å²) in [6.07, 6.45) is 3.04. The van der Waals surface area contributed by atoms with Crippen molar-refractivity contribution in [3.05, 3.63) is 11.8 Å². The van der Waals surface area contributed by atoms with E-state index < -0.39 is 0 Å². The van der Waals surface area contributed by atoms with Gasteiger partial charge in [0.25, 0.3) is 0 Å². The van der Waals surface area contributed by atoms with Gasteiger partial charge in [-0.3, -0.25) is 0 Å². The maximum absolute atomic E-state index is 5.37. The third-order valence-corrected chi connectivity index (χ3v) is 0.861. The largest absolute Gasteiger partial charge is 0.403 e. The minimum atomic E-state index is 0.903. The molecule has 48 valence electrons. The molecule has 0 aliphatic carbocycles. The number of allylic oxidation sites excluding steroid dienone is 1. The first-order valence-electron chi connectivity index (χ1n) is 2.84. The number of nitrogens with two attached hydrogens (primary N) is 1. The molecule has 0 amide bonds. The summed E-state index contributed by atoms with van der Waals surface area (Å²) in [4.78, 5) is 0. The van der Waals surface area contributed by atoms with E-state index in [1.165, 1.54) is 0 Å². The monoisotopic (exact) mass is 114 g/mol. The van der Waals surface area contributed by atoms with Crippen molar-refractivity contribution >= 4 is 0 Å². The summed E-state index contributed by atoms with van der Waals surface area (Å²) < 4.78 is 0. The Kier molecular flexibility index (Phi) is 4.36. The van der Waals surface area contributed by atoms with E-state index in [1.807, 2.05) is 20.0 Å². The molecular weight excluding hydrogens is 100 g/mol. The highest BCUT2D eigenvalue weighted by molar-refractivity contribution is 4.91. The van der Waals surface area contributed by atoms with E-state index >= 15 is 0 Å². The lowest BCUT2D eigenvalue weighted by Gasteiger charge is -1.91. The molecule has 0 bridgehead atoms. The molecule has 0 fully saturated rings. The van der Waals surface area contributed by atoms with Gasteiger partial charge in [0.15, 0.2) is 0 Å². The molecule has 0 atom stereocenters. The Bertz CT molecular complexity index is 72.6. The number of hydrogen-bond donors (Lipinski definition) is 2. The van der Waals surface area contributed by atoms with Crippen LogP contribution in [0.1, 0.15) is 13.3 Å². The van der Waals surface area contributed by atoms with Gasteiger partial charge in [0.05, 0.1) is 0 Å². The van der Waals surface area contributed by atoms with Crippen LogP contribution in [0.25, 0.3) is 0 Å². The van der Waals surface area contributed by atoms with Crippen molar-refractivity contribution in [3.8, 4) is 0 Å². The molecule has 0 saturated carbocycles. The van der Waals surface area contributed by atoms with Crippen LogP contribution >= 0.6 is 0 Å². The fraction of sp³-hybridized carbons (Fsp3) is 0.667. The Morgan fingerprint density at radius 3 is 2.75 bits per heavy atom. The van der Waals surface area contributed by atoms with Crippen molar-refractivity contribution in [3.63, 3.8) is 0 Å². The normalized spacial score (nSPS) is 12.0. The van der Waals surface area contributed by atoms with Gasteiger partial charge in [-0.1, -0.05) is 6.08 Å². The van der Waals surface area contributed by atoms with Gasteiger partial charge in [-0.05, 0) is 26.9 Å². The summed E-state index contributed by atoms with van der Waals surface area (Å²) in [5.74, 6) is 0. The summed E-state index contributed by atoms with van der Waals surface area (Å²) in [6, 6.07) is 0. The molecule has 0 radical (unpaired) electrons. The maximum Gasteiger partial charge on any atom is 0.000881 e. The quantitative estimate of drug-likeness (QED) is 0.523. The summed E-state index contributed by atoms with van der Waals surface area (Å²) in [6.45, 7) is 2.91. The van der Waals surface area contributed by atoms with Crippen LogP contribution in [-0.2, 0) is 0 Å². The minimum absolute atomic E-state index is 0.903. The average molecular weight is 114 g/mol.